The highest BCUT2D eigenvalue weighted by Crippen LogP contribution is 2.42. The summed E-state index contributed by atoms with van der Waals surface area (Å²) in [6.45, 7) is 6.82. The summed E-state index contributed by atoms with van der Waals surface area (Å²) < 4.78 is 8.54. The molecular formula is C23H27N3O2. The number of aromatic nitrogens is 2. The lowest BCUT2D eigenvalue weighted by Gasteiger charge is -2.29. The number of hydrogen-bond donors (Lipinski definition) is 1. The van der Waals surface area contributed by atoms with Crippen molar-refractivity contribution < 1.29 is 9.53 Å². The minimum absolute atomic E-state index is 0.0202. The minimum atomic E-state index is -0.0307. The number of fused-ring (bicyclic) bond motifs is 3. The van der Waals surface area contributed by atoms with E-state index in [0.29, 0.717) is 12.1 Å². The van der Waals surface area contributed by atoms with Crippen LogP contribution in [0.4, 0.5) is 0 Å². The lowest BCUT2D eigenvalue weighted by molar-refractivity contribution is 0.0949. The molecule has 1 aliphatic rings. The molecule has 1 aromatic heterocycles. The highest BCUT2D eigenvalue weighted by atomic mass is 16.5. The normalized spacial score (nSPS) is 15.9. The van der Waals surface area contributed by atoms with Gasteiger partial charge in [0.25, 0.3) is 5.91 Å². The number of carbonyl (C=O) groups is 1. The zero-order chi connectivity index (χ0) is 19.8. The average molecular weight is 377 g/mol. The Bertz CT molecular complexity index is 1050. The molecule has 1 amide bonds. The molecule has 0 unspecified atom stereocenters. The highest BCUT2D eigenvalue weighted by Gasteiger charge is 2.30. The average Bonchev–Trinajstić information content (AvgIpc) is 3.00. The van der Waals surface area contributed by atoms with E-state index in [1.54, 1.807) is 0 Å². The van der Waals surface area contributed by atoms with Crippen molar-refractivity contribution >= 4 is 16.9 Å². The summed E-state index contributed by atoms with van der Waals surface area (Å²) in [6, 6.07) is 10.3. The topological polar surface area (TPSA) is 56.2 Å². The number of imidazole rings is 1. The van der Waals surface area contributed by atoms with Crippen molar-refractivity contribution in [3.05, 3.63) is 58.4 Å². The number of amides is 1. The van der Waals surface area contributed by atoms with Gasteiger partial charge in [0.2, 0.25) is 0 Å². The maximum Gasteiger partial charge on any atom is 0.251 e. The molecular weight excluding hydrogens is 350 g/mol. The van der Waals surface area contributed by atoms with Crippen LogP contribution in [0.1, 0.15) is 58.7 Å². The molecule has 1 aliphatic heterocycles. The van der Waals surface area contributed by atoms with E-state index < -0.39 is 0 Å². The van der Waals surface area contributed by atoms with Crippen molar-refractivity contribution in [3.63, 3.8) is 0 Å². The Kier molecular flexibility index (Phi) is 4.84. The molecule has 28 heavy (non-hydrogen) atoms. The van der Waals surface area contributed by atoms with Gasteiger partial charge in [-0.1, -0.05) is 31.2 Å². The van der Waals surface area contributed by atoms with Crippen molar-refractivity contribution in [2.24, 2.45) is 7.05 Å². The SMILES string of the molecule is CCCNC(=O)c1cc2c(nc(C)n2C)c2c1CC[C@@H](c1ccccc1C)O2. The van der Waals surface area contributed by atoms with Gasteiger partial charge in [0, 0.05) is 24.7 Å². The van der Waals surface area contributed by atoms with E-state index in [-0.39, 0.29) is 12.0 Å². The van der Waals surface area contributed by atoms with Gasteiger partial charge in [0.1, 0.15) is 17.4 Å². The van der Waals surface area contributed by atoms with Crippen molar-refractivity contribution in [2.45, 2.75) is 46.1 Å². The van der Waals surface area contributed by atoms with Crippen molar-refractivity contribution in [2.75, 3.05) is 6.54 Å². The third-order valence-electron chi connectivity index (χ3n) is 5.69. The predicted molar refractivity (Wildman–Crippen MR) is 111 cm³/mol. The van der Waals surface area contributed by atoms with Crippen molar-refractivity contribution in [1.29, 1.82) is 0 Å². The standard InChI is InChI=1S/C23H27N3O2/c1-5-12-24-23(27)18-13-19-21(25-15(3)26(19)4)22-17(18)10-11-20(28-22)16-9-7-6-8-14(16)2/h6-9,13,20H,5,10-12H2,1-4H3,(H,24,27)/t20-/m0/s1. The third-order valence-corrected chi connectivity index (χ3v) is 5.69. The summed E-state index contributed by atoms with van der Waals surface area (Å²) in [7, 11) is 1.98. The minimum Gasteiger partial charge on any atom is -0.483 e. The summed E-state index contributed by atoms with van der Waals surface area (Å²) in [6.07, 6.45) is 2.54. The second kappa shape index (κ2) is 7.30. The van der Waals surface area contributed by atoms with Gasteiger partial charge in [-0.3, -0.25) is 4.79 Å². The van der Waals surface area contributed by atoms with E-state index in [0.717, 1.165) is 47.4 Å². The Morgan fingerprint density at radius 3 is 2.86 bits per heavy atom. The Balaban J connectivity index is 1.84. The van der Waals surface area contributed by atoms with Gasteiger partial charge in [-0.2, -0.15) is 0 Å². The molecule has 2 aromatic carbocycles. The van der Waals surface area contributed by atoms with Crippen LogP contribution in [0.5, 0.6) is 5.75 Å². The molecule has 0 fully saturated rings. The molecule has 0 saturated heterocycles. The summed E-state index contributed by atoms with van der Waals surface area (Å²) in [4.78, 5) is 17.6. The van der Waals surface area contributed by atoms with Gasteiger partial charge in [0.15, 0.2) is 5.75 Å². The third kappa shape index (κ3) is 3.05. The quantitative estimate of drug-likeness (QED) is 0.733. The molecule has 0 bridgehead atoms. The van der Waals surface area contributed by atoms with Crippen LogP contribution in [0, 0.1) is 13.8 Å². The summed E-state index contributed by atoms with van der Waals surface area (Å²) >= 11 is 0. The second-order valence-electron chi connectivity index (χ2n) is 7.58. The lowest BCUT2D eigenvalue weighted by atomic mass is 9.91. The van der Waals surface area contributed by atoms with Gasteiger partial charge in [-0.05, 0) is 50.3 Å². The van der Waals surface area contributed by atoms with Crippen LogP contribution >= 0.6 is 0 Å². The van der Waals surface area contributed by atoms with Gasteiger partial charge >= 0.3 is 0 Å². The molecule has 0 saturated carbocycles. The van der Waals surface area contributed by atoms with Crippen LogP contribution in [0.2, 0.25) is 0 Å². The molecule has 5 nitrogen and oxygen atoms in total. The van der Waals surface area contributed by atoms with Crippen LogP contribution in [0.15, 0.2) is 30.3 Å². The molecule has 4 rings (SSSR count). The number of carbonyl (C=O) groups excluding carboxylic acids is 1. The van der Waals surface area contributed by atoms with Crippen LogP contribution in [-0.4, -0.2) is 22.0 Å². The van der Waals surface area contributed by atoms with Crippen molar-refractivity contribution in [3.8, 4) is 5.75 Å². The number of hydrogen-bond acceptors (Lipinski definition) is 3. The number of ether oxygens (including phenoxy) is 1. The predicted octanol–water partition coefficient (Wildman–Crippen LogP) is 4.40. The first-order valence-corrected chi connectivity index (χ1v) is 10.0. The Hall–Kier alpha value is -2.82. The van der Waals surface area contributed by atoms with Gasteiger partial charge in [-0.15, -0.1) is 0 Å². The van der Waals surface area contributed by atoms with Gasteiger partial charge < -0.3 is 14.6 Å². The van der Waals surface area contributed by atoms with Crippen LogP contribution in [0.25, 0.3) is 11.0 Å². The van der Waals surface area contributed by atoms with E-state index in [1.165, 1.54) is 11.1 Å². The summed E-state index contributed by atoms with van der Waals surface area (Å²) in [5.41, 5.74) is 5.89. The highest BCUT2D eigenvalue weighted by molar-refractivity contribution is 6.01. The number of benzene rings is 2. The van der Waals surface area contributed by atoms with E-state index in [9.17, 15) is 4.79 Å². The molecule has 0 spiro atoms. The van der Waals surface area contributed by atoms with E-state index in [2.05, 4.69) is 37.4 Å². The first-order chi connectivity index (χ1) is 13.5. The molecule has 146 valence electrons. The molecule has 0 radical (unpaired) electrons. The number of rotatable bonds is 4. The molecule has 1 atom stereocenters. The molecule has 5 heteroatoms. The largest absolute Gasteiger partial charge is 0.483 e. The molecule has 3 aromatic rings. The smallest absolute Gasteiger partial charge is 0.251 e. The van der Waals surface area contributed by atoms with Gasteiger partial charge in [0.05, 0.1) is 5.52 Å². The summed E-state index contributed by atoms with van der Waals surface area (Å²) in [5.74, 6) is 1.64. The van der Waals surface area contributed by atoms with Crippen LogP contribution < -0.4 is 10.1 Å². The first-order valence-electron chi connectivity index (χ1n) is 10.0. The zero-order valence-electron chi connectivity index (χ0n) is 17.0. The van der Waals surface area contributed by atoms with E-state index >= 15 is 0 Å². The number of nitrogens with zero attached hydrogens (tertiary/aromatic N) is 2. The van der Waals surface area contributed by atoms with E-state index in [4.69, 9.17) is 9.72 Å². The lowest BCUT2D eigenvalue weighted by Crippen LogP contribution is -2.27. The Morgan fingerprint density at radius 2 is 2.11 bits per heavy atom. The fraction of sp³-hybridized carbons (Fsp3) is 0.391. The number of nitrogens with one attached hydrogen (secondary N) is 1. The maximum atomic E-state index is 12.8. The van der Waals surface area contributed by atoms with Crippen molar-refractivity contribution in [1.82, 2.24) is 14.9 Å². The molecule has 2 heterocycles. The fourth-order valence-electron chi connectivity index (χ4n) is 4.00. The summed E-state index contributed by atoms with van der Waals surface area (Å²) in [5, 5.41) is 3.02. The number of aryl methyl sites for hydroxylation is 3. The molecule has 0 aliphatic carbocycles. The van der Waals surface area contributed by atoms with Crippen LogP contribution in [-0.2, 0) is 13.5 Å². The first kappa shape index (κ1) is 18.5. The second-order valence-corrected chi connectivity index (χ2v) is 7.58. The van der Waals surface area contributed by atoms with E-state index in [1.807, 2.05) is 30.7 Å². The Morgan fingerprint density at radius 1 is 1.32 bits per heavy atom. The maximum absolute atomic E-state index is 12.8. The zero-order valence-corrected chi connectivity index (χ0v) is 17.0. The Labute approximate surface area is 165 Å². The van der Waals surface area contributed by atoms with Crippen LogP contribution in [0.3, 0.4) is 0 Å². The molecule has 1 N–H and O–H groups in total. The monoisotopic (exact) mass is 377 g/mol. The van der Waals surface area contributed by atoms with Gasteiger partial charge in [-0.25, -0.2) is 4.98 Å². The fourth-order valence-corrected chi connectivity index (χ4v) is 4.00.